The summed E-state index contributed by atoms with van der Waals surface area (Å²) in [6, 6.07) is 1.39. The highest BCUT2D eigenvalue weighted by Gasteiger charge is 2.32. The molecule has 17 heavy (non-hydrogen) atoms. The molecule has 0 radical (unpaired) electrons. The zero-order valence-corrected chi connectivity index (χ0v) is 11.9. The van der Waals surface area contributed by atoms with E-state index in [0.717, 1.165) is 25.8 Å². The Kier molecular flexibility index (Phi) is 4.11. The van der Waals surface area contributed by atoms with Gasteiger partial charge in [-0.3, -0.25) is 9.80 Å². The average molecular weight is 240 g/mol. The van der Waals surface area contributed by atoms with E-state index in [2.05, 4.69) is 37.5 Å². The Morgan fingerprint density at radius 3 is 2.24 bits per heavy atom. The van der Waals surface area contributed by atoms with Gasteiger partial charge in [-0.15, -0.1) is 0 Å². The smallest absolute Gasteiger partial charge is 0.0619 e. The van der Waals surface area contributed by atoms with E-state index in [1.54, 1.807) is 0 Å². The van der Waals surface area contributed by atoms with Crippen LogP contribution < -0.4 is 0 Å². The number of ether oxygens (including phenoxy) is 1. The van der Waals surface area contributed by atoms with Gasteiger partial charge in [-0.2, -0.15) is 0 Å². The molecule has 0 aromatic heterocycles. The molecular formula is C14H28N2O. The fourth-order valence-corrected chi connectivity index (χ4v) is 3.15. The molecule has 0 unspecified atom stereocenters. The first-order valence-corrected chi connectivity index (χ1v) is 7.07. The van der Waals surface area contributed by atoms with Crippen molar-refractivity contribution in [2.24, 2.45) is 0 Å². The minimum Gasteiger partial charge on any atom is -0.379 e. The molecule has 0 amide bonds. The van der Waals surface area contributed by atoms with Crippen LogP contribution >= 0.6 is 0 Å². The van der Waals surface area contributed by atoms with Crippen molar-refractivity contribution in [1.82, 2.24) is 9.80 Å². The minimum atomic E-state index is 0.335. The zero-order valence-electron chi connectivity index (χ0n) is 11.9. The first kappa shape index (κ1) is 13.3. The molecular weight excluding hydrogens is 212 g/mol. The Bertz CT molecular complexity index is 241. The van der Waals surface area contributed by atoms with Gasteiger partial charge in [0.15, 0.2) is 0 Å². The van der Waals surface area contributed by atoms with Crippen LogP contribution in [0.2, 0.25) is 0 Å². The number of likely N-dealkylation sites (tertiary alicyclic amines) is 1. The van der Waals surface area contributed by atoms with Gasteiger partial charge in [-0.25, -0.2) is 0 Å². The lowest BCUT2D eigenvalue weighted by molar-refractivity contribution is -0.0412. The zero-order chi connectivity index (χ0) is 12.5. The van der Waals surface area contributed by atoms with Crippen LogP contribution in [0.3, 0.4) is 0 Å². The lowest BCUT2D eigenvalue weighted by atomic mass is 9.96. The van der Waals surface area contributed by atoms with Crippen molar-refractivity contribution < 1.29 is 4.74 Å². The van der Waals surface area contributed by atoms with Crippen molar-refractivity contribution >= 4 is 0 Å². The fraction of sp³-hybridized carbons (Fsp3) is 1.00. The van der Waals surface area contributed by atoms with Crippen LogP contribution in [0.5, 0.6) is 0 Å². The third kappa shape index (κ3) is 3.21. The number of morpholine rings is 1. The van der Waals surface area contributed by atoms with Crippen LogP contribution in [0.1, 0.15) is 40.5 Å². The standard InChI is InChI=1S/C14H28N2O/c1-12-11-17-10-9-16(12)13-5-7-15(8-6-13)14(2,3)4/h12-13H,5-11H2,1-4H3/t12-/m1/s1. The van der Waals surface area contributed by atoms with E-state index in [1.165, 1.54) is 25.9 Å². The normalized spacial score (nSPS) is 30.7. The summed E-state index contributed by atoms with van der Waals surface area (Å²) in [7, 11) is 0. The average Bonchev–Trinajstić information content (AvgIpc) is 2.29. The molecule has 2 rings (SSSR count). The largest absolute Gasteiger partial charge is 0.379 e. The Labute approximate surface area is 106 Å². The molecule has 2 aliphatic rings. The highest BCUT2D eigenvalue weighted by atomic mass is 16.5. The van der Waals surface area contributed by atoms with Crippen molar-refractivity contribution in [1.29, 1.82) is 0 Å². The summed E-state index contributed by atoms with van der Waals surface area (Å²) in [6.45, 7) is 14.7. The van der Waals surface area contributed by atoms with E-state index in [-0.39, 0.29) is 0 Å². The van der Waals surface area contributed by atoms with Crippen molar-refractivity contribution in [2.75, 3.05) is 32.8 Å². The van der Waals surface area contributed by atoms with E-state index in [9.17, 15) is 0 Å². The van der Waals surface area contributed by atoms with Gasteiger partial charge in [0.25, 0.3) is 0 Å². The summed E-state index contributed by atoms with van der Waals surface area (Å²) in [5.41, 5.74) is 0.335. The van der Waals surface area contributed by atoms with Crippen LogP contribution in [0.15, 0.2) is 0 Å². The number of hydrogen-bond donors (Lipinski definition) is 0. The molecule has 100 valence electrons. The van der Waals surface area contributed by atoms with E-state index in [1.807, 2.05) is 0 Å². The molecule has 3 nitrogen and oxygen atoms in total. The number of nitrogens with zero attached hydrogens (tertiary/aromatic N) is 2. The summed E-state index contributed by atoms with van der Waals surface area (Å²) in [5.74, 6) is 0. The van der Waals surface area contributed by atoms with E-state index < -0.39 is 0 Å². The van der Waals surface area contributed by atoms with Crippen molar-refractivity contribution in [3.8, 4) is 0 Å². The highest BCUT2D eigenvalue weighted by Crippen LogP contribution is 2.25. The number of hydrogen-bond acceptors (Lipinski definition) is 3. The number of rotatable bonds is 1. The van der Waals surface area contributed by atoms with E-state index >= 15 is 0 Å². The predicted molar refractivity (Wildman–Crippen MR) is 71.3 cm³/mol. The molecule has 0 bridgehead atoms. The molecule has 0 aromatic carbocycles. The molecule has 2 aliphatic heterocycles. The van der Waals surface area contributed by atoms with E-state index in [0.29, 0.717) is 11.6 Å². The molecule has 2 fully saturated rings. The van der Waals surface area contributed by atoms with Crippen molar-refractivity contribution in [3.63, 3.8) is 0 Å². The summed E-state index contributed by atoms with van der Waals surface area (Å²) in [4.78, 5) is 5.29. The second kappa shape index (κ2) is 5.25. The first-order chi connectivity index (χ1) is 7.98. The van der Waals surface area contributed by atoms with Gasteiger partial charge in [0.05, 0.1) is 13.2 Å². The fourth-order valence-electron chi connectivity index (χ4n) is 3.15. The maximum Gasteiger partial charge on any atom is 0.0619 e. The molecule has 2 heterocycles. The summed E-state index contributed by atoms with van der Waals surface area (Å²) in [5, 5.41) is 0. The van der Waals surface area contributed by atoms with Crippen LogP contribution in [0.4, 0.5) is 0 Å². The predicted octanol–water partition coefficient (Wildman–Crippen LogP) is 1.97. The maximum absolute atomic E-state index is 5.53. The summed E-state index contributed by atoms with van der Waals surface area (Å²) < 4.78 is 5.53. The second-order valence-corrected chi connectivity index (χ2v) is 6.55. The van der Waals surface area contributed by atoms with Gasteiger partial charge >= 0.3 is 0 Å². The second-order valence-electron chi connectivity index (χ2n) is 6.55. The van der Waals surface area contributed by atoms with Gasteiger partial charge < -0.3 is 4.74 Å². The molecule has 0 spiro atoms. The Morgan fingerprint density at radius 2 is 1.71 bits per heavy atom. The van der Waals surface area contributed by atoms with Crippen LogP contribution in [-0.2, 0) is 4.74 Å². The Morgan fingerprint density at radius 1 is 1.06 bits per heavy atom. The lowest BCUT2D eigenvalue weighted by Crippen LogP contribution is -2.55. The van der Waals surface area contributed by atoms with Crippen molar-refractivity contribution in [2.45, 2.75) is 58.2 Å². The minimum absolute atomic E-state index is 0.335. The molecule has 1 atom stereocenters. The van der Waals surface area contributed by atoms with Gasteiger partial charge in [0, 0.05) is 37.3 Å². The first-order valence-electron chi connectivity index (χ1n) is 7.07. The topological polar surface area (TPSA) is 15.7 Å². The van der Waals surface area contributed by atoms with Crippen LogP contribution in [0, 0.1) is 0 Å². The molecule has 0 aromatic rings. The Hall–Kier alpha value is -0.120. The van der Waals surface area contributed by atoms with Gasteiger partial charge in [0.2, 0.25) is 0 Å². The third-order valence-electron chi connectivity index (χ3n) is 4.30. The molecule has 0 saturated carbocycles. The van der Waals surface area contributed by atoms with Crippen LogP contribution in [0.25, 0.3) is 0 Å². The molecule has 0 aliphatic carbocycles. The number of piperidine rings is 1. The highest BCUT2D eigenvalue weighted by molar-refractivity contribution is 4.88. The van der Waals surface area contributed by atoms with Crippen molar-refractivity contribution in [3.05, 3.63) is 0 Å². The molecule has 3 heteroatoms. The van der Waals surface area contributed by atoms with Gasteiger partial charge in [-0.1, -0.05) is 0 Å². The van der Waals surface area contributed by atoms with Gasteiger partial charge in [0.1, 0.15) is 0 Å². The SMILES string of the molecule is C[C@@H]1COCCN1C1CCN(C(C)(C)C)CC1. The lowest BCUT2D eigenvalue weighted by Gasteiger charge is -2.46. The summed E-state index contributed by atoms with van der Waals surface area (Å²) in [6.07, 6.45) is 2.64. The quantitative estimate of drug-likeness (QED) is 0.697. The molecule has 2 saturated heterocycles. The molecule has 0 N–H and O–H groups in total. The monoisotopic (exact) mass is 240 g/mol. The van der Waals surface area contributed by atoms with Crippen LogP contribution in [-0.4, -0.2) is 60.3 Å². The van der Waals surface area contributed by atoms with Gasteiger partial charge in [-0.05, 0) is 40.5 Å². The third-order valence-corrected chi connectivity index (χ3v) is 4.30. The maximum atomic E-state index is 5.53. The Balaban J connectivity index is 1.86. The summed E-state index contributed by atoms with van der Waals surface area (Å²) >= 11 is 0. The van der Waals surface area contributed by atoms with E-state index in [4.69, 9.17) is 4.74 Å².